The van der Waals surface area contributed by atoms with Crippen molar-refractivity contribution in [1.82, 2.24) is 14.6 Å². The highest BCUT2D eigenvalue weighted by Gasteiger charge is 2.12. The number of carbonyl (C=O) groups excluding carboxylic acids is 1. The largest absolute Gasteiger partial charge is 0.427 e. The molecule has 27 heavy (non-hydrogen) atoms. The monoisotopic (exact) mass is 377 g/mol. The Morgan fingerprint density at radius 1 is 1.19 bits per heavy atom. The molecule has 0 N–H and O–H groups in total. The number of nitrogens with zero attached hydrogens (tertiary/aromatic N) is 3. The van der Waals surface area contributed by atoms with Gasteiger partial charge in [-0.1, -0.05) is 53.3 Å². The van der Waals surface area contributed by atoms with E-state index < -0.39 is 0 Å². The van der Waals surface area contributed by atoms with Gasteiger partial charge in [0.1, 0.15) is 5.75 Å². The first-order valence-corrected chi connectivity index (χ1v) is 9.08. The molecule has 0 bridgehead atoms. The molecule has 0 atom stereocenters. The Balaban J connectivity index is 1.73. The van der Waals surface area contributed by atoms with Crippen LogP contribution in [0.4, 0.5) is 0 Å². The first kappa shape index (κ1) is 17.1. The van der Waals surface area contributed by atoms with Gasteiger partial charge in [-0.25, -0.2) is 0 Å². The number of esters is 1. The van der Waals surface area contributed by atoms with Crippen LogP contribution in [0.3, 0.4) is 0 Å². The van der Waals surface area contributed by atoms with Crippen LogP contribution >= 0.6 is 11.3 Å². The summed E-state index contributed by atoms with van der Waals surface area (Å²) in [6.45, 7) is 3.36. The summed E-state index contributed by atoms with van der Waals surface area (Å²) < 4.78 is 6.91. The number of benzene rings is 2. The smallest absolute Gasteiger partial charge is 0.308 e. The predicted molar refractivity (Wildman–Crippen MR) is 104 cm³/mol. The van der Waals surface area contributed by atoms with Crippen molar-refractivity contribution >= 4 is 28.3 Å². The van der Waals surface area contributed by atoms with Crippen LogP contribution in [-0.4, -0.2) is 20.6 Å². The Bertz CT molecular complexity index is 1260. The summed E-state index contributed by atoms with van der Waals surface area (Å²) in [4.78, 5) is 28.7. The van der Waals surface area contributed by atoms with Crippen LogP contribution in [0.25, 0.3) is 22.4 Å². The Hall–Kier alpha value is -3.32. The van der Waals surface area contributed by atoms with Crippen molar-refractivity contribution in [3.63, 3.8) is 0 Å². The summed E-state index contributed by atoms with van der Waals surface area (Å²) in [6, 6.07) is 14.8. The molecule has 0 saturated heterocycles. The zero-order valence-electron chi connectivity index (χ0n) is 14.7. The first-order valence-electron chi connectivity index (χ1n) is 8.26. The maximum atomic E-state index is 12.6. The van der Waals surface area contributed by atoms with E-state index >= 15 is 0 Å². The van der Waals surface area contributed by atoms with E-state index in [9.17, 15) is 9.59 Å². The van der Waals surface area contributed by atoms with Gasteiger partial charge in [-0.2, -0.15) is 9.50 Å². The molecule has 0 aliphatic rings. The molecular weight excluding hydrogens is 362 g/mol. The van der Waals surface area contributed by atoms with Crippen LogP contribution < -0.4 is 14.8 Å². The zero-order chi connectivity index (χ0) is 19.0. The van der Waals surface area contributed by atoms with Crippen molar-refractivity contribution in [2.75, 3.05) is 0 Å². The Kier molecular flexibility index (Phi) is 4.29. The van der Waals surface area contributed by atoms with Crippen molar-refractivity contribution in [3.8, 4) is 17.1 Å². The van der Waals surface area contributed by atoms with Gasteiger partial charge in [0, 0.05) is 12.5 Å². The molecule has 2 heterocycles. The fraction of sp³-hybridized carbons (Fsp3) is 0.100. The average molecular weight is 377 g/mol. The number of carbonyl (C=O) groups is 1. The van der Waals surface area contributed by atoms with E-state index in [0.29, 0.717) is 21.1 Å². The van der Waals surface area contributed by atoms with Crippen LogP contribution in [-0.2, 0) is 4.79 Å². The molecule has 0 unspecified atom stereocenters. The van der Waals surface area contributed by atoms with Gasteiger partial charge in [0.05, 0.1) is 4.53 Å². The van der Waals surface area contributed by atoms with Gasteiger partial charge in [-0.15, -0.1) is 5.10 Å². The van der Waals surface area contributed by atoms with Crippen molar-refractivity contribution < 1.29 is 9.53 Å². The minimum Gasteiger partial charge on any atom is -0.427 e. The molecule has 0 saturated carbocycles. The molecule has 0 aliphatic heterocycles. The zero-order valence-corrected chi connectivity index (χ0v) is 15.5. The van der Waals surface area contributed by atoms with E-state index in [0.717, 1.165) is 16.7 Å². The second-order valence-corrected chi connectivity index (χ2v) is 7.09. The number of fused-ring (bicyclic) bond motifs is 1. The molecule has 2 aromatic heterocycles. The molecule has 6 nitrogen and oxygen atoms in total. The predicted octanol–water partition coefficient (Wildman–Crippen LogP) is 2.60. The molecule has 0 radical (unpaired) electrons. The second kappa shape index (κ2) is 6.77. The van der Waals surface area contributed by atoms with E-state index in [1.165, 1.54) is 22.8 Å². The highest BCUT2D eigenvalue weighted by molar-refractivity contribution is 7.15. The van der Waals surface area contributed by atoms with Gasteiger partial charge < -0.3 is 4.74 Å². The lowest BCUT2D eigenvalue weighted by atomic mass is 10.1. The van der Waals surface area contributed by atoms with Crippen LogP contribution in [0.5, 0.6) is 5.75 Å². The van der Waals surface area contributed by atoms with Gasteiger partial charge in [-0.05, 0) is 30.7 Å². The molecule has 7 heteroatoms. The van der Waals surface area contributed by atoms with Crippen LogP contribution in [0.1, 0.15) is 18.1 Å². The molecular formula is C20H15N3O3S. The number of hydrogen-bond acceptors (Lipinski definition) is 6. The molecule has 4 aromatic rings. The van der Waals surface area contributed by atoms with Crippen molar-refractivity contribution in [2.24, 2.45) is 0 Å². The van der Waals surface area contributed by atoms with Gasteiger partial charge in [0.2, 0.25) is 4.96 Å². The Morgan fingerprint density at radius 3 is 2.67 bits per heavy atom. The maximum absolute atomic E-state index is 12.6. The summed E-state index contributed by atoms with van der Waals surface area (Å²) in [5, 5.41) is 4.35. The lowest BCUT2D eigenvalue weighted by Gasteiger charge is -2.01. The Morgan fingerprint density at radius 2 is 1.96 bits per heavy atom. The second-order valence-electron chi connectivity index (χ2n) is 6.08. The van der Waals surface area contributed by atoms with E-state index in [-0.39, 0.29) is 11.5 Å². The SMILES string of the molecule is CC(=O)Oc1cccc(/C=c2/sc3nc(-c4ccc(C)cc4)nn3c2=O)c1. The minimum atomic E-state index is -0.390. The number of hydrogen-bond donors (Lipinski definition) is 0. The average Bonchev–Trinajstić information content (AvgIpc) is 3.16. The molecule has 0 amide bonds. The van der Waals surface area contributed by atoms with Gasteiger partial charge >= 0.3 is 5.97 Å². The van der Waals surface area contributed by atoms with Gasteiger partial charge in [0.25, 0.3) is 5.56 Å². The topological polar surface area (TPSA) is 73.6 Å². The maximum Gasteiger partial charge on any atom is 0.308 e. The quantitative estimate of drug-likeness (QED) is 0.405. The van der Waals surface area contributed by atoms with Crippen molar-refractivity contribution in [2.45, 2.75) is 13.8 Å². The third-order valence-electron chi connectivity index (χ3n) is 3.91. The standard InChI is InChI=1S/C20H15N3O3S/c1-12-6-8-15(9-7-12)18-21-20-23(22-18)19(25)17(27-20)11-14-4-3-5-16(10-14)26-13(2)24/h3-11H,1-2H3/b17-11+. The first-order chi connectivity index (χ1) is 13.0. The highest BCUT2D eigenvalue weighted by atomic mass is 32.1. The van der Waals surface area contributed by atoms with Gasteiger partial charge in [-0.3, -0.25) is 9.59 Å². The minimum absolute atomic E-state index is 0.223. The summed E-state index contributed by atoms with van der Waals surface area (Å²) in [5.41, 5.74) is 2.56. The van der Waals surface area contributed by atoms with Crippen LogP contribution in [0.15, 0.2) is 53.3 Å². The number of aromatic nitrogens is 3. The summed E-state index contributed by atoms with van der Waals surface area (Å²) in [5.74, 6) is 0.575. The van der Waals surface area contributed by atoms with Crippen molar-refractivity contribution in [3.05, 3.63) is 74.5 Å². The number of thiazole rings is 1. The molecule has 0 fully saturated rings. The summed E-state index contributed by atoms with van der Waals surface area (Å²) in [7, 11) is 0. The van der Waals surface area contributed by atoms with E-state index in [2.05, 4.69) is 10.1 Å². The fourth-order valence-electron chi connectivity index (χ4n) is 2.64. The third-order valence-corrected chi connectivity index (χ3v) is 4.87. The molecule has 134 valence electrons. The van der Waals surface area contributed by atoms with Crippen LogP contribution in [0, 0.1) is 6.92 Å². The van der Waals surface area contributed by atoms with Gasteiger partial charge in [0.15, 0.2) is 5.82 Å². The fourth-order valence-corrected chi connectivity index (χ4v) is 3.55. The highest BCUT2D eigenvalue weighted by Crippen LogP contribution is 2.17. The lowest BCUT2D eigenvalue weighted by Crippen LogP contribution is -2.23. The third kappa shape index (κ3) is 3.50. The molecule has 4 rings (SSSR count). The summed E-state index contributed by atoms with van der Waals surface area (Å²) >= 11 is 1.27. The molecule has 0 spiro atoms. The summed E-state index contributed by atoms with van der Waals surface area (Å²) in [6.07, 6.45) is 1.74. The molecule has 0 aliphatic carbocycles. The number of aryl methyl sites for hydroxylation is 1. The molecule has 2 aromatic carbocycles. The normalized spacial score (nSPS) is 11.9. The Labute approximate surface area is 158 Å². The number of ether oxygens (including phenoxy) is 1. The van der Waals surface area contributed by atoms with E-state index in [1.54, 1.807) is 24.3 Å². The van der Waals surface area contributed by atoms with Crippen LogP contribution in [0.2, 0.25) is 0 Å². The number of rotatable bonds is 3. The van der Waals surface area contributed by atoms with E-state index in [4.69, 9.17) is 4.74 Å². The van der Waals surface area contributed by atoms with E-state index in [1.807, 2.05) is 37.3 Å². The van der Waals surface area contributed by atoms with Crippen molar-refractivity contribution in [1.29, 1.82) is 0 Å². The lowest BCUT2D eigenvalue weighted by molar-refractivity contribution is -0.131.